The average molecular weight is 446 g/mol. The molecular formula is C26H31N5O2. The predicted molar refractivity (Wildman–Crippen MR) is 130 cm³/mol. The number of carbonyl (C=O) groups excluding carboxylic acids is 2. The van der Waals surface area contributed by atoms with E-state index in [0.29, 0.717) is 18.7 Å². The van der Waals surface area contributed by atoms with Crippen LogP contribution in [-0.4, -0.2) is 66.4 Å². The summed E-state index contributed by atoms with van der Waals surface area (Å²) >= 11 is 0. The lowest BCUT2D eigenvalue weighted by Gasteiger charge is -2.34. The predicted octanol–water partition coefficient (Wildman–Crippen LogP) is 2.75. The van der Waals surface area contributed by atoms with E-state index in [2.05, 4.69) is 51.4 Å². The summed E-state index contributed by atoms with van der Waals surface area (Å²) in [5.41, 5.74) is 6.26. The third-order valence-corrected chi connectivity index (χ3v) is 6.94. The minimum Gasteiger partial charge on any atom is -0.369 e. The molecule has 3 heterocycles. The summed E-state index contributed by atoms with van der Waals surface area (Å²) in [6.07, 6.45) is 0.815. The number of anilines is 1. The molecule has 172 valence electrons. The summed E-state index contributed by atoms with van der Waals surface area (Å²) in [4.78, 5) is 34.8. The zero-order valence-electron chi connectivity index (χ0n) is 19.4. The highest BCUT2D eigenvalue weighted by Gasteiger charge is 2.22. The molecule has 2 aliphatic heterocycles. The van der Waals surface area contributed by atoms with Crippen molar-refractivity contribution in [3.05, 3.63) is 64.8 Å². The number of aromatic nitrogens is 1. The van der Waals surface area contributed by atoms with E-state index in [1.54, 1.807) is 6.92 Å². The van der Waals surface area contributed by atoms with Crippen LogP contribution in [0.1, 0.15) is 34.1 Å². The van der Waals surface area contributed by atoms with Gasteiger partial charge in [0.15, 0.2) is 0 Å². The third-order valence-electron chi connectivity index (χ3n) is 6.94. The smallest absolute Gasteiger partial charge is 0.251 e. The van der Waals surface area contributed by atoms with Gasteiger partial charge in [-0.2, -0.15) is 0 Å². The summed E-state index contributed by atoms with van der Waals surface area (Å²) < 4.78 is 0. The van der Waals surface area contributed by atoms with Crippen LogP contribution >= 0.6 is 0 Å². The molecular weight excluding hydrogens is 414 g/mol. The molecule has 7 nitrogen and oxygen atoms in total. The first kappa shape index (κ1) is 21.5. The molecule has 1 fully saturated rings. The third kappa shape index (κ3) is 4.46. The molecule has 3 aromatic rings. The van der Waals surface area contributed by atoms with Gasteiger partial charge >= 0.3 is 0 Å². The van der Waals surface area contributed by atoms with Gasteiger partial charge < -0.3 is 25.0 Å². The van der Waals surface area contributed by atoms with Gasteiger partial charge in [-0.25, -0.2) is 0 Å². The van der Waals surface area contributed by atoms with E-state index in [0.717, 1.165) is 61.2 Å². The Morgan fingerprint density at radius 2 is 1.76 bits per heavy atom. The van der Waals surface area contributed by atoms with E-state index in [4.69, 9.17) is 0 Å². The number of H-pyrrole nitrogens is 1. The minimum absolute atomic E-state index is 0.0857. The fourth-order valence-electron chi connectivity index (χ4n) is 4.80. The maximum absolute atomic E-state index is 12.9. The van der Waals surface area contributed by atoms with Crippen LogP contribution in [0.5, 0.6) is 0 Å². The van der Waals surface area contributed by atoms with Crippen LogP contribution in [0.3, 0.4) is 0 Å². The van der Waals surface area contributed by atoms with Crippen molar-refractivity contribution in [1.29, 1.82) is 0 Å². The van der Waals surface area contributed by atoms with Crippen LogP contribution in [0.4, 0.5) is 5.69 Å². The summed E-state index contributed by atoms with van der Waals surface area (Å²) in [7, 11) is 2.16. The Balaban J connectivity index is 1.25. The first-order chi connectivity index (χ1) is 16.0. The zero-order valence-corrected chi connectivity index (χ0v) is 19.4. The second-order valence-electron chi connectivity index (χ2n) is 9.17. The van der Waals surface area contributed by atoms with Gasteiger partial charge in [0.2, 0.25) is 5.91 Å². The van der Waals surface area contributed by atoms with E-state index < -0.39 is 0 Å². The normalized spacial score (nSPS) is 16.7. The summed E-state index contributed by atoms with van der Waals surface area (Å²) in [5, 5.41) is 4.08. The van der Waals surface area contributed by atoms with E-state index in [1.165, 1.54) is 11.4 Å². The van der Waals surface area contributed by atoms with Crippen LogP contribution in [0.15, 0.2) is 42.5 Å². The first-order valence-corrected chi connectivity index (χ1v) is 11.7. The highest BCUT2D eigenvalue weighted by molar-refractivity contribution is 5.99. The lowest BCUT2D eigenvalue weighted by Crippen LogP contribution is -2.44. The van der Waals surface area contributed by atoms with Crippen molar-refractivity contribution in [1.82, 2.24) is 20.1 Å². The van der Waals surface area contributed by atoms with E-state index in [9.17, 15) is 9.59 Å². The summed E-state index contributed by atoms with van der Waals surface area (Å²) in [6, 6.07) is 14.2. The molecule has 0 radical (unpaired) electrons. The van der Waals surface area contributed by atoms with E-state index in [1.807, 2.05) is 23.1 Å². The number of benzene rings is 2. The second kappa shape index (κ2) is 8.90. The van der Waals surface area contributed by atoms with Crippen LogP contribution in [-0.2, 0) is 24.3 Å². The fraction of sp³-hybridized carbons (Fsp3) is 0.385. The van der Waals surface area contributed by atoms with Crippen molar-refractivity contribution >= 4 is 28.4 Å². The number of likely N-dealkylation sites (N-methyl/N-ethyl adjacent to an activating group) is 1. The van der Waals surface area contributed by atoms with Gasteiger partial charge in [0, 0.05) is 92.6 Å². The van der Waals surface area contributed by atoms with Crippen LogP contribution in [0, 0.1) is 0 Å². The average Bonchev–Trinajstić information content (AvgIpc) is 3.20. The minimum atomic E-state index is -0.0887. The molecule has 2 aromatic carbocycles. The number of hydrogen-bond acceptors (Lipinski definition) is 4. The molecule has 0 bridgehead atoms. The lowest BCUT2D eigenvalue weighted by molar-refractivity contribution is -0.129. The van der Waals surface area contributed by atoms with Gasteiger partial charge in [-0.05, 0) is 42.9 Å². The molecule has 7 heteroatoms. The van der Waals surface area contributed by atoms with Crippen molar-refractivity contribution in [2.45, 2.75) is 26.4 Å². The fourth-order valence-corrected chi connectivity index (χ4v) is 4.80. The maximum atomic E-state index is 12.9. The SMILES string of the molecule is CC(=O)N1CCc2[nH]c3ccc(C(=O)NCc4ccc(N5CCN(C)CC5)cc4)cc3c2C1. The highest BCUT2D eigenvalue weighted by Crippen LogP contribution is 2.28. The van der Waals surface area contributed by atoms with E-state index >= 15 is 0 Å². The van der Waals surface area contributed by atoms with Crippen LogP contribution < -0.4 is 10.2 Å². The van der Waals surface area contributed by atoms with Gasteiger partial charge in [0.1, 0.15) is 0 Å². The summed E-state index contributed by atoms with van der Waals surface area (Å²) in [6.45, 7) is 7.67. The molecule has 1 saturated heterocycles. The number of nitrogens with one attached hydrogen (secondary N) is 2. The number of piperazine rings is 1. The molecule has 5 rings (SSSR count). The van der Waals surface area contributed by atoms with Crippen molar-refractivity contribution < 1.29 is 9.59 Å². The Kier molecular flexibility index (Phi) is 5.81. The molecule has 0 atom stereocenters. The quantitative estimate of drug-likeness (QED) is 0.648. The highest BCUT2D eigenvalue weighted by atomic mass is 16.2. The number of nitrogens with zero attached hydrogens (tertiary/aromatic N) is 3. The Morgan fingerprint density at radius 1 is 1.00 bits per heavy atom. The molecule has 2 N–H and O–H groups in total. The largest absolute Gasteiger partial charge is 0.369 e. The Morgan fingerprint density at radius 3 is 2.48 bits per heavy atom. The molecule has 0 saturated carbocycles. The monoisotopic (exact) mass is 445 g/mol. The topological polar surface area (TPSA) is 71.7 Å². The zero-order chi connectivity index (χ0) is 22.9. The number of aromatic amines is 1. The summed E-state index contributed by atoms with van der Waals surface area (Å²) in [5.74, 6) is -0.00299. The van der Waals surface area contributed by atoms with Crippen molar-refractivity contribution in [2.24, 2.45) is 0 Å². The van der Waals surface area contributed by atoms with Crippen molar-refractivity contribution in [2.75, 3.05) is 44.7 Å². The van der Waals surface area contributed by atoms with Crippen LogP contribution in [0.25, 0.3) is 10.9 Å². The number of rotatable bonds is 4. The number of carbonyl (C=O) groups is 2. The molecule has 0 aliphatic carbocycles. The lowest BCUT2D eigenvalue weighted by atomic mass is 10.0. The van der Waals surface area contributed by atoms with E-state index in [-0.39, 0.29) is 11.8 Å². The molecule has 1 aromatic heterocycles. The molecule has 2 amide bonds. The van der Waals surface area contributed by atoms with Crippen LogP contribution in [0.2, 0.25) is 0 Å². The van der Waals surface area contributed by atoms with Gasteiger partial charge in [0.05, 0.1) is 0 Å². The Bertz CT molecular complexity index is 1180. The number of fused-ring (bicyclic) bond motifs is 3. The second-order valence-corrected chi connectivity index (χ2v) is 9.17. The van der Waals surface area contributed by atoms with Gasteiger partial charge in [-0.15, -0.1) is 0 Å². The van der Waals surface area contributed by atoms with Crippen molar-refractivity contribution in [3.8, 4) is 0 Å². The Labute approximate surface area is 194 Å². The first-order valence-electron chi connectivity index (χ1n) is 11.7. The molecule has 2 aliphatic rings. The maximum Gasteiger partial charge on any atom is 0.251 e. The number of amides is 2. The van der Waals surface area contributed by atoms with Gasteiger partial charge in [-0.1, -0.05) is 12.1 Å². The van der Waals surface area contributed by atoms with Crippen molar-refractivity contribution in [3.63, 3.8) is 0 Å². The molecule has 0 spiro atoms. The molecule has 33 heavy (non-hydrogen) atoms. The Hall–Kier alpha value is -3.32. The van der Waals surface area contributed by atoms with Gasteiger partial charge in [-0.3, -0.25) is 9.59 Å². The molecule has 0 unspecified atom stereocenters. The number of hydrogen-bond donors (Lipinski definition) is 2. The van der Waals surface area contributed by atoms with Gasteiger partial charge in [0.25, 0.3) is 5.91 Å². The standard InChI is InChI=1S/C26H31N5O2/c1-18(32)31-10-9-25-23(17-31)22-15-20(5-8-24(22)28-25)26(33)27-16-19-3-6-21(7-4-19)30-13-11-29(2)12-14-30/h3-8,15,28H,9-14,16-17H2,1-2H3,(H,27,33).